The third-order valence-corrected chi connectivity index (χ3v) is 3.50. The number of halogens is 1. The van der Waals surface area contributed by atoms with Crippen LogP contribution in [0.1, 0.15) is 19.8 Å². The van der Waals surface area contributed by atoms with Crippen molar-refractivity contribution in [2.24, 2.45) is 5.92 Å². The molecule has 0 aromatic heterocycles. The first-order valence-corrected chi connectivity index (χ1v) is 6.75. The Morgan fingerprint density at radius 1 is 1.62 bits per heavy atom. The molecule has 0 spiro atoms. The van der Waals surface area contributed by atoms with Gasteiger partial charge in [-0.1, -0.05) is 6.92 Å². The topological polar surface area (TPSA) is 74.7 Å². The van der Waals surface area contributed by atoms with Gasteiger partial charge in [0.05, 0.1) is 11.9 Å². The van der Waals surface area contributed by atoms with Gasteiger partial charge in [-0.25, -0.2) is 0 Å². The van der Waals surface area contributed by atoms with Gasteiger partial charge in [-0.3, -0.25) is 4.79 Å². The van der Waals surface area contributed by atoms with Gasteiger partial charge in [0, 0.05) is 25.4 Å². The highest BCUT2D eigenvalue weighted by Gasteiger charge is 2.33. The van der Waals surface area contributed by atoms with E-state index in [0.717, 1.165) is 0 Å². The van der Waals surface area contributed by atoms with E-state index < -0.39 is 28.0 Å². The van der Waals surface area contributed by atoms with E-state index in [-0.39, 0.29) is 25.4 Å². The van der Waals surface area contributed by atoms with Crippen molar-refractivity contribution in [2.75, 3.05) is 18.8 Å². The predicted octanol–water partition coefficient (Wildman–Crippen LogP) is -0.0949. The Bertz CT molecular complexity index is 357. The standard InChI is InChI=1S/C9H16FNO4S/c1-2-8(12)5-11-4-7(3-9(11)13)6-16(10,14)15/h7-8,12H,2-6H2,1H3. The Kier molecular flexibility index (Phi) is 4.26. The number of β-amino-alcohol motifs (C(OH)–C–C–N with tert-alkyl or cyclic N) is 1. The van der Waals surface area contributed by atoms with E-state index in [1.807, 2.05) is 0 Å². The van der Waals surface area contributed by atoms with E-state index >= 15 is 0 Å². The van der Waals surface area contributed by atoms with E-state index in [0.29, 0.717) is 6.42 Å². The molecule has 5 nitrogen and oxygen atoms in total. The first-order chi connectivity index (χ1) is 7.31. The SMILES string of the molecule is CCC(O)CN1CC(CS(=O)(=O)F)CC1=O. The third kappa shape index (κ3) is 4.05. The third-order valence-electron chi connectivity index (χ3n) is 2.63. The summed E-state index contributed by atoms with van der Waals surface area (Å²) in [5.74, 6) is -1.33. The molecule has 2 unspecified atom stereocenters. The molecule has 1 N–H and O–H groups in total. The number of carbonyl (C=O) groups excluding carboxylic acids is 1. The molecule has 0 saturated carbocycles. The smallest absolute Gasteiger partial charge is 0.302 e. The lowest BCUT2D eigenvalue weighted by Gasteiger charge is -2.19. The zero-order chi connectivity index (χ0) is 12.3. The van der Waals surface area contributed by atoms with Crippen LogP contribution in [-0.4, -0.2) is 49.3 Å². The summed E-state index contributed by atoms with van der Waals surface area (Å²) in [5, 5.41) is 9.37. The molecule has 1 heterocycles. The molecule has 0 aromatic carbocycles. The van der Waals surface area contributed by atoms with Crippen LogP contribution < -0.4 is 0 Å². The molecular formula is C9H16FNO4S. The minimum Gasteiger partial charge on any atom is -0.391 e. The highest BCUT2D eigenvalue weighted by molar-refractivity contribution is 7.86. The summed E-state index contributed by atoms with van der Waals surface area (Å²) in [4.78, 5) is 12.8. The average molecular weight is 253 g/mol. The molecule has 0 bridgehead atoms. The van der Waals surface area contributed by atoms with Gasteiger partial charge in [0.25, 0.3) is 0 Å². The lowest BCUT2D eigenvalue weighted by atomic mass is 10.1. The van der Waals surface area contributed by atoms with Crippen LogP contribution in [0.4, 0.5) is 3.89 Å². The number of rotatable bonds is 5. The molecule has 0 aliphatic carbocycles. The number of carbonyl (C=O) groups is 1. The highest BCUT2D eigenvalue weighted by Crippen LogP contribution is 2.20. The maximum atomic E-state index is 12.4. The van der Waals surface area contributed by atoms with Crippen LogP contribution >= 0.6 is 0 Å². The lowest BCUT2D eigenvalue weighted by Crippen LogP contribution is -2.33. The Morgan fingerprint density at radius 3 is 2.75 bits per heavy atom. The second kappa shape index (κ2) is 5.09. The molecule has 7 heteroatoms. The summed E-state index contributed by atoms with van der Waals surface area (Å²) >= 11 is 0. The summed E-state index contributed by atoms with van der Waals surface area (Å²) in [5.41, 5.74) is 0. The lowest BCUT2D eigenvalue weighted by molar-refractivity contribution is -0.128. The van der Waals surface area contributed by atoms with Crippen molar-refractivity contribution in [1.82, 2.24) is 4.90 Å². The number of amides is 1. The second-order valence-electron chi connectivity index (χ2n) is 4.14. The van der Waals surface area contributed by atoms with Gasteiger partial charge in [-0.15, -0.1) is 3.89 Å². The van der Waals surface area contributed by atoms with Gasteiger partial charge in [0.1, 0.15) is 0 Å². The highest BCUT2D eigenvalue weighted by atomic mass is 32.3. The molecule has 0 radical (unpaired) electrons. The zero-order valence-corrected chi connectivity index (χ0v) is 9.91. The van der Waals surface area contributed by atoms with Crippen molar-refractivity contribution < 1.29 is 22.2 Å². The fourth-order valence-corrected chi connectivity index (χ4v) is 2.59. The number of nitrogens with zero attached hydrogens (tertiary/aromatic N) is 1. The maximum absolute atomic E-state index is 12.4. The number of aliphatic hydroxyl groups excluding tert-OH is 1. The van der Waals surface area contributed by atoms with Crippen LogP contribution in [0, 0.1) is 5.92 Å². The van der Waals surface area contributed by atoms with Gasteiger partial charge in [-0.05, 0) is 6.42 Å². The molecule has 0 aromatic rings. The van der Waals surface area contributed by atoms with Crippen LogP contribution in [0.3, 0.4) is 0 Å². The average Bonchev–Trinajstić information content (AvgIpc) is 2.43. The first kappa shape index (κ1) is 13.4. The van der Waals surface area contributed by atoms with Crippen molar-refractivity contribution in [3.8, 4) is 0 Å². The molecule has 1 saturated heterocycles. The summed E-state index contributed by atoms with van der Waals surface area (Å²) in [6.07, 6.45) is -0.0419. The van der Waals surface area contributed by atoms with Crippen LogP contribution in [0.15, 0.2) is 0 Å². The molecule has 16 heavy (non-hydrogen) atoms. The molecule has 1 aliphatic rings. The zero-order valence-electron chi connectivity index (χ0n) is 9.10. The predicted molar refractivity (Wildman–Crippen MR) is 55.9 cm³/mol. The fraction of sp³-hybridized carbons (Fsp3) is 0.889. The second-order valence-corrected chi connectivity index (χ2v) is 5.55. The van der Waals surface area contributed by atoms with E-state index in [9.17, 15) is 22.2 Å². The van der Waals surface area contributed by atoms with Gasteiger partial charge < -0.3 is 10.0 Å². The summed E-state index contributed by atoms with van der Waals surface area (Å²) in [6, 6.07) is 0. The number of likely N-dealkylation sites (tertiary alicyclic amines) is 1. The fourth-order valence-electron chi connectivity index (χ4n) is 1.81. The van der Waals surface area contributed by atoms with E-state index in [1.165, 1.54) is 4.90 Å². The van der Waals surface area contributed by atoms with Crippen molar-refractivity contribution in [1.29, 1.82) is 0 Å². The quantitative estimate of drug-likeness (QED) is 0.695. The molecule has 1 rings (SSSR count). The van der Waals surface area contributed by atoms with E-state index in [1.54, 1.807) is 6.92 Å². The van der Waals surface area contributed by atoms with Crippen molar-refractivity contribution in [3.63, 3.8) is 0 Å². The molecule has 94 valence electrons. The number of aliphatic hydroxyl groups is 1. The van der Waals surface area contributed by atoms with Crippen molar-refractivity contribution in [3.05, 3.63) is 0 Å². The van der Waals surface area contributed by atoms with Gasteiger partial charge in [-0.2, -0.15) is 8.42 Å². The normalized spacial score (nSPS) is 23.8. The summed E-state index contributed by atoms with van der Waals surface area (Å²) in [7, 11) is -4.53. The Balaban J connectivity index is 2.51. The number of hydrogen-bond donors (Lipinski definition) is 1. The van der Waals surface area contributed by atoms with Crippen LogP contribution in [0.5, 0.6) is 0 Å². The van der Waals surface area contributed by atoms with E-state index in [2.05, 4.69) is 0 Å². The minimum absolute atomic E-state index is 0.0413. The van der Waals surface area contributed by atoms with Crippen molar-refractivity contribution in [2.45, 2.75) is 25.9 Å². The van der Waals surface area contributed by atoms with E-state index in [4.69, 9.17) is 0 Å². The summed E-state index contributed by atoms with van der Waals surface area (Å²) < 4.78 is 33.3. The van der Waals surface area contributed by atoms with Gasteiger partial charge in [0.15, 0.2) is 0 Å². The molecule has 1 amide bonds. The van der Waals surface area contributed by atoms with Crippen molar-refractivity contribution >= 4 is 16.1 Å². The summed E-state index contributed by atoms with van der Waals surface area (Å²) in [6.45, 7) is 2.19. The molecular weight excluding hydrogens is 237 g/mol. The Labute approximate surface area is 94.5 Å². The monoisotopic (exact) mass is 253 g/mol. The van der Waals surface area contributed by atoms with Gasteiger partial charge >= 0.3 is 10.2 Å². The molecule has 2 atom stereocenters. The largest absolute Gasteiger partial charge is 0.391 e. The maximum Gasteiger partial charge on any atom is 0.302 e. The van der Waals surface area contributed by atoms with Crippen LogP contribution in [0.25, 0.3) is 0 Å². The Hall–Kier alpha value is -0.690. The Morgan fingerprint density at radius 2 is 2.25 bits per heavy atom. The number of hydrogen-bond acceptors (Lipinski definition) is 4. The molecule has 1 aliphatic heterocycles. The first-order valence-electron chi connectivity index (χ1n) is 5.20. The minimum atomic E-state index is -4.53. The van der Waals surface area contributed by atoms with Crippen LogP contribution in [0.2, 0.25) is 0 Å². The van der Waals surface area contributed by atoms with Crippen LogP contribution in [-0.2, 0) is 15.0 Å². The van der Waals surface area contributed by atoms with Gasteiger partial charge in [0.2, 0.25) is 5.91 Å². The molecule has 1 fully saturated rings.